The van der Waals surface area contributed by atoms with Gasteiger partial charge in [-0.15, -0.1) is 0 Å². The lowest BCUT2D eigenvalue weighted by Gasteiger charge is -2.37. The van der Waals surface area contributed by atoms with Crippen LogP contribution in [0.1, 0.15) is 24.1 Å². The molecule has 0 spiro atoms. The average molecular weight is 420 g/mol. The van der Waals surface area contributed by atoms with Gasteiger partial charge in [-0.05, 0) is 38.0 Å². The first kappa shape index (κ1) is 19.9. The van der Waals surface area contributed by atoms with Crippen LogP contribution in [0.15, 0.2) is 41.3 Å². The number of allylic oxidation sites excluding steroid dienone is 1. The van der Waals surface area contributed by atoms with Gasteiger partial charge in [0.1, 0.15) is 23.7 Å². The summed E-state index contributed by atoms with van der Waals surface area (Å²) in [5.74, 6) is -1.03. The molecule has 0 atom stereocenters. The molecule has 1 fully saturated rings. The quantitative estimate of drug-likeness (QED) is 0.766. The Kier molecular flexibility index (Phi) is 5.12. The van der Waals surface area contributed by atoms with E-state index in [9.17, 15) is 17.2 Å². The highest BCUT2D eigenvalue weighted by Gasteiger charge is 2.29. The summed E-state index contributed by atoms with van der Waals surface area (Å²) in [7, 11) is -3.20. The van der Waals surface area contributed by atoms with Crippen LogP contribution in [0.2, 0.25) is 0 Å². The van der Waals surface area contributed by atoms with Gasteiger partial charge < -0.3 is 4.90 Å². The number of halogens is 2. The molecule has 0 amide bonds. The van der Waals surface area contributed by atoms with E-state index in [0.717, 1.165) is 0 Å². The minimum atomic E-state index is -3.20. The average Bonchev–Trinajstić information content (AvgIpc) is 2.68. The third-order valence-corrected chi connectivity index (χ3v) is 6.72. The first-order valence-electron chi connectivity index (χ1n) is 9.42. The Morgan fingerprint density at radius 3 is 2.52 bits per heavy atom. The zero-order chi connectivity index (χ0) is 20.8. The first-order chi connectivity index (χ1) is 13.7. The molecule has 0 bridgehead atoms. The largest absolute Gasteiger partial charge is 0.353 e. The van der Waals surface area contributed by atoms with Gasteiger partial charge in [0.05, 0.1) is 6.26 Å². The van der Waals surface area contributed by atoms with Gasteiger partial charge in [-0.3, -0.25) is 9.98 Å². The molecular weight excluding hydrogens is 398 g/mol. The number of nitrogens with zero attached hydrogens (tertiary/aromatic N) is 4. The molecule has 29 heavy (non-hydrogen) atoms. The third kappa shape index (κ3) is 4.02. The van der Waals surface area contributed by atoms with E-state index in [1.807, 2.05) is 0 Å². The van der Waals surface area contributed by atoms with E-state index in [4.69, 9.17) is 0 Å². The van der Waals surface area contributed by atoms with Gasteiger partial charge in [0.15, 0.2) is 5.83 Å². The maximum absolute atomic E-state index is 14.8. The normalized spacial score (nSPS) is 19.4. The van der Waals surface area contributed by atoms with Crippen LogP contribution < -0.4 is 0 Å². The Labute approximate surface area is 168 Å². The van der Waals surface area contributed by atoms with Crippen LogP contribution in [0.4, 0.5) is 8.78 Å². The number of benzene rings is 1. The fraction of sp³-hybridized carbons (Fsp3) is 0.400. The van der Waals surface area contributed by atoms with Crippen LogP contribution >= 0.6 is 0 Å². The number of pyridine rings is 1. The number of fused-ring (bicyclic) bond motifs is 1. The highest BCUT2D eigenvalue weighted by molar-refractivity contribution is 7.88. The molecule has 2 aliphatic heterocycles. The molecule has 1 aromatic heterocycles. The molecule has 0 aliphatic carbocycles. The molecule has 0 radical (unpaired) electrons. The lowest BCUT2D eigenvalue weighted by molar-refractivity contribution is 0.188. The van der Waals surface area contributed by atoms with Crippen molar-refractivity contribution in [3.8, 4) is 0 Å². The standard InChI is InChI=1S/C20H22F2N4O2S/c1-13-3-4-14-9-15(10-17(21)20(14)24-13)19-18(22)11-25(12-23-19)16-5-7-26(8-6-16)29(2,27)28/h3-4,9-11,16H,5-8,12H2,1-2H3. The van der Waals surface area contributed by atoms with E-state index in [0.29, 0.717) is 42.6 Å². The predicted molar refractivity (Wildman–Crippen MR) is 108 cm³/mol. The van der Waals surface area contributed by atoms with E-state index in [2.05, 4.69) is 9.98 Å². The third-order valence-electron chi connectivity index (χ3n) is 5.42. The molecule has 0 unspecified atom stereocenters. The fourth-order valence-electron chi connectivity index (χ4n) is 3.86. The Morgan fingerprint density at radius 1 is 1.14 bits per heavy atom. The van der Waals surface area contributed by atoms with E-state index >= 15 is 0 Å². The fourth-order valence-corrected chi connectivity index (χ4v) is 4.73. The topological polar surface area (TPSA) is 65.9 Å². The number of rotatable bonds is 3. The van der Waals surface area contributed by atoms with Crippen LogP contribution in [0.25, 0.3) is 10.9 Å². The van der Waals surface area contributed by atoms with Crippen molar-refractivity contribution in [3.63, 3.8) is 0 Å². The van der Waals surface area contributed by atoms with Crippen LogP contribution in [0.3, 0.4) is 0 Å². The number of hydrogen-bond acceptors (Lipinski definition) is 5. The van der Waals surface area contributed by atoms with Gasteiger partial charge in [-0.25, -0.2) is 21.5 Å². The number of piperidine rings is 1. The number of aliphatic imine (C=N–C) groups is 1. The zero-order valence-corrected chi connectivity index (χ0v) is 17.1. The van der Waals surface area contributed by atoms with Crippen LogP contribution in [0.5, 0.6) is 0 Å². The van der Waals surface area contributed by atoms with Crippen molar-refractivity contribution in [1.29, 1.82) is 0 Å². The molecule has 2 aromatic rings. The zero-order valence-electron chi connectivity index (χ0n) is 16.3. The number of aromatic nitrogens is 1. The molecule has 9 heteroatoms. The molecule has 4 rings (SSSR count). The Bertz CT molecular complexity index is 1120. The highest BCUT2D eigenvalue weighted by atomic mass is 32.2. The summed E-state index contributed by atoms with van der Waals surface area (Å²) in [4.78, 5) is 10.3. The van der Waals surface area contributed by atoms with Crippen molar-refractivity contribution < 1.29 is 17.2 Å². The summed E-state index contributed by atoms with van der Waals surface area (Å²) >= 11 is 0. The van der Waals surface area contributed by atoms with Crippen molar-refractivity contribution in [2.24, 2.45) is 4.99 Å². The summed E-state index contributed by atoms with van der Waals surface area (Å²) in [6.07, 6.45) is 3.82. The Morgan fingerprint density at radius 2 is 1.86 bits per heavy atom. The maximum Gasteiger partial charge on any atom is 0.211 e. The van der Waals surface area contributed by atoms with Crippen molar-refractivity contribution in [1.82, 2.24) is 14.2 Å². The smallest absolute Gasteiger partial charge is 0.211 e. The molecule has 2 aliphatic rings. The molecule has 6 nitrogen and oxygen atoms in total. The van der Waals surface area contributed by atoms with Crippen molar-refractivity contribution in [2.45, 2.75) is 25.8 Å². The molecular formula is C20H22F2N4O2S. The minimum absolute atomic E-state index is 0.0181. The summed E-state index contributed by atoms with van der Waals surface area (Å²) in [6, 6.07) is 6.52. The highest BCUT2D eigenvalue weighted by Crippen LogP contribution is 2.26. The van der Waals surface area contributed by atoms with Crippen LogP contribution in [-0.2, 0) is 10.0 Å². The molecule has 1 aromatic carbocycles. The predicted octanol–water partition coefficient (Wildman–Crippen LogP) is 2.98. The molecule has 1 saturated heterocycles. The van der Waals surface area contributed by atoms with Gasteiger partial charge in [-0.1, -0.05) is 6.07 Å². The van der Waals surface area contributed by atoms with Crippen LogP contribution in [0, 0.1) is 12.7 Å². The van der Waals surface area contributed by atoms with Gasteiger partial charge in [-0.2, -0.15) is 0 Å². The van der Waals surface area contributed by atoms with Gasteiger partial charge in [0.2, 0.25) is 10.0 Å². The Balaban J connectivity index is 1.53. The van der Waals surface area contributed by atoms with E-state index in [-0.39, 0.29) is 23.9 Å². The second-order valence-corrected chi connectivity index (χ2v) is 9.50. The molecule has 154 valence electrons. The molecule has 3 heterocycles. The van der Waals surface area contributed by atoms with Gasteiger partial charge in [0, 0.05) is 42.0 Å². The van der Waals surface area contributed by atoms with E-state index < -0.39 is 21.7 Å². The van der Waals surface area contributed by atoms with E-state index in [1.54, 1.807) is 30.0 Å². The summed E-state index contributed by atoms with van der Waals surface area (Å²) in [6.45, 7) is 2.86. The van der Waals surface area contributed by atoms with E-state index in [1.165, 1.54) is 22.8 Å². The van der Waals surface area contributed by atoms with Crippen LogP contribution in [-0.4, -0.2) is 60.4 Å². The number of sulfonamides is 1. The monoisotopic (exact) mass is 420 g/mol. The first-order valence-corrected chi connectivity index (χ1v) is 11.3. The second kappa shape index (κ2) is 7.46. The number of hydrogen-bond donors (Lipinski definition) is 0. The Hall–Kier alpha value is -2.39. The molecule has 0 saturated carbocycles. The lowest BCUT2D eigenvalue weighted by atomic mass is 10.0. The van der Waals surface area contributed by atoms with Crippen molar-refractivity contribution >= 4 is 26.6 Å². The van der Waals surface area contributed by atoms with Gasteiger partial charge in [0.25, 0.3) is 0 Å². The van der Waals surface area contributed by atoms with Crippen molar-refractivity contribution in [3.05, 3.63) is 53.4 Å². The minimum Gasteiger partial charge on any atom is -0.353 e. The maximum atomic E-state index is 14.8. The lowest BCUT2D eigenvalue weighted by Crippen LogP contribution is -2.45. The SMILES string of the molecule is Cc1ccc2cc(C3=NCN(C4CCN(S(C)(=O)=O)CC4)C=C3F)cc(F)c2n1. The summed E-state index contributed by atoms with van der Waals surface area (Å²) in [5.41, 5.74) is 1.47. The molecule has 0 N–H and O–H groups in total. The summed E-state index contributed by atoms with van der Waals surface area (Å²) in [5, 5.41) is 0.594. The number of aryl methyl sites for hydroxylation is 1. The second-order valence-electron chi connectivity index (χ2n) is 7.52. The summed E-state index contributed by atoms with van der Waals surface area (Å²) < 4.78 is 54.1. The van der Waals surface area contributed by atoms with Gasteiger partial charge >= 0.3 is 0 Å². The van der Waals surface area contributed by atoms with Crippen molar-refractivity contribution in [2.75, 3.05) is 26.0 Å².